The lowest BCUT2D eigenvalue weighted by molar-refractivity contribution is 0.0691. The predicted octanol–water partition coefficient (Wildman–Crippen LogP) is 3.98. The number of nitrogens with zero attached hydrogens (tertiary/aromatic N) is 5. The number of ether oxygens (including phenoxy) is 1. The number of anilines is 1. The molecular weight excluding hydrogens is 439 g/mol. The van der Waals surface area contributed by atoms with Gasteiger partial charge in [-0.05, 0) is 25.1 Å². The van der Waals surface area contributed by atoms with E-state index in [1.54, 1.807) is 18.7 Å². The summed E-state index contributed by atoms with van der Waals surface area (Å²) < 4.78 is 21.8. The molecule has 32 heavy (non-hydrogen) atoms. The van der Waals surface area contributed by atoms with Gasteiger partial charge in [-0.25, -0.2) is 24.1 Å². The molecule has 1 aliphatic heterocycles. The summed E-state index contributed by atoms with van der Waals surface area (Å²) in [6.45, 7) is 2.02. The molecule has 162 valence electrons. The monoisotopic (exact) mass is 454 g/mol. The molecule has 0 aliphatic carbocycles. The summed E-state index contributed by atoms with van der Waals surface area (Å²) in [5.41, 5.74) is 3.36. The number of aromatic nitrogens is 5. The standard InChI is InChI=1S/C21H16ClFN6O3/c1-9(24-13-3-4-16(22)26-19(13)21(30)31)11-5-10(23)6-14-17(11)27-18-12-7-29(2)28-15(12)8-32-20(18)25-14/h3-7,9,24H,8H2,1-2H3,(H,30,31)/t9-/m1/s1. The minimum Gasteiger partial charge on any atom is -0.476 e. The number of carboxylic acids is 1. The van der Waals surface area contributed by atoms with Crippen molar-refractivity contribution in [3.63, 3.8) is 0 Å². The molecule has 0 fully saturated rings. The van der Waals surface area contributed by atoms with Crippen LogP contribution in [0.25, 0.3) is 22.3 Å². The molecule has 0 spiro atoms. The number of fused-ring (bicyclic) bond motifs is 4. The van der Waals surface area contributed by atoms with Crippen molar-refractivity contribution in [3.8, 4) is 17.1 Å². The summed E-state index contributed by atoms with van der Waals surface area (Å²) >= 11 is 5.84. The maximum Gasteiger partial charge on any atom is 0.356 e. The Morgan fingerprint density at radius 1 is 1.31 bits per heavy atom. The van der Waals surface area contributed by atoms with Crippen molar-refractivity contribution in [1.29, 1.82) is 0 Å². The van der Waals surface area contributed by atoms with Gasteiger partial charge in [0.05, 0.1) is 28.3 Å². The molecular formula is C21H16ClFN6O3. The zero-order valence-electron chi connectivity index (χ0n) is 16.9. The number of halogens is 2. The fourth-order valence-corrected chi connectivity index (χ4v) is 3.89. The van der Waals surface area contributed by atoms with E-state index in [1.165, 1.54) is 24.3 Å². The highest BCUT2D eigenvalue weighted by Gasteiger charge is 2.26. The fourth-order valence-electron chi connectivity index (χ4n) is 3.74. The maximum absolute atomic E-state index is 14.5. The van der Waals surface area contributed by atoms with Gasteiger partial charge in [-0.3, -0.25) is 4.68 Å². The van der Waals surface area contributed by atoms with Crippen LogP contribution in [-0.2, 0) is 13.7 Å². The first kappa shape index (κ1) is 20.1. The normalized spacial score (nSPS) is 13.2. The second-order valence-electron chi connectivity index (χ2n) is 7.39. The summed E-state index contributed by atoms with van der Waals surface area (Å²) in [4.78, 5) is 24.7. The van der Waals surface area contributed by atoms with Crippen molar-refractivity contribution in [1.82, 2.24) is 24.7 Å². The molecule has 3 aromatic heterocycles. The number of aromatic carboxylic acids is 1. The molecule has 11 heteroatoms. The van der Waals surface area contributed by atoms with Gasteiger partial charge in [-0.15, -0.1) is 0 Å². The SMILES string of the molecule is C[C@@H](Nc1ccc(Cl)nc1C(=O)O)c1cc(F)cc2nc3c(nc12)-c1cn(C)nc1CO3. The Kier molecular flexibility index (Phi) is 4.66. The lowest BCUT2D eigenvalue weighted by atomic mass is 10.0. The molecule has 0 radical (unpaired) electrons. The van der Waals surface area contributed by atoms with Crippen molar-refractivity contribution in [2.45, 2.75) is 19.6 Å². The first-order valence-electron chi connectivity index (χ1n) is 9.63. The Bertz CT molecular complexity index is 1410. The number of rotatable bonds is 4. The van der Waals surface area contributed by atoms with Crippen LogP contribution in [0.3, 0.4) is 0 Å². The maximum atomic E-state index is 14.5. The van der Waals surface area contributed by atoms with Gasteiger partial charge in [0.1, 0.15) is 29.0 Å². The summed E-state index contributed by atoms with van der Waals surface area (Å²) in [6.07, 6.45) is 1.83. The lowest BCUT2D eigenvalue weighted by Gasteiger charge is -2.20. The Balaban J connectivity index is 1.62. The van der Waals surface area contributed by atoms with E-state index in [4.69, 9.17) is 21.3 Å². The van der Waals surface area contributed by atoms with Gasteiger partial charge in [0.25, 0.3) is 0 Å². The number of hydrogen-bond acceptors (Lipinski definition) is 7. The average Bonchev–Trinajstić information content (AvgIpc) is 3.13. The second-order valence-corrected chi connectivity index (χ2v) is 7.78. The predicted molar refractivity (Wildman–Crippen MR) is 114 cm³/mol. The molecule has 2 N–H and O–H groups in total. The minimum absolute atomic E-state index is 0.0570. The topological polar surface area (TPSA) is 115 Å². The molecule has 0 bridgehead atoms. The molecule has 1 atom stereocenters. The molecule has 0 saturated carbocycles. The van der Waals surface area contributed by atoms with E-state index in [0.29, 0.717) is 28.2 Å². The lowest BCUT2D eigenvalue weighted by Crippen LogP contribution is -2.14. The van der Waals surface area contributed by atoms with E-state index < -0.39 is 17.8 Å². The molecule has 9 nitrogen and oxygen atoms in total. The van der Waals surface area contributed by atoms with Crippen molar-refractivity contribution < 1.29 is 19.0 Å². The van der Waals surface area contributed by atoms with Gasteiger partial charge in [-0.2, -0.15) is 5.10 Å². The van der Waals surface area contributed by atoms with Crippen molar-refractivity contribution >= 4 is 34.3 Å². The van der Waals surface area contributed by atoms with Crippen molar-refractivity contribution in [2.24, 2.45) is 7.05 Å². The summed E-state index contributed by atoms with van der Waals surface area (Å²) in [6, 6.07) is 5.09. The number of carboxylic acid groups (broad SMARTS) is 1. The third-order valence-electron chi connectivity index (χ3n) is 5.14. The fraction of sp³-hybridized carbons (Fsp3) is 0.190. The van der Waals surface area contributed by atoms with Gasteiger partial charge in [0, 0.05) is 24.9 Å². The average molecular weight is 455 g/mol. The molecule has 4 heterocycles. The van der Waals surface area contributed by atoms with Crippen molar-refractivity contribution in [3.05, 3.63) is 58.4 Å². The number of nitrogens with one attached hydrogen (secondary N) is 1. The van der Waals surface area contributed by atoms with Gasteiger partial charge in [0.2, 0.25) is 5.88 Å². The van der Waals surface area contributed by atoms with E-state index in [9.17, 15) is 14.3 Å². The molecule has 0 saturated heterocycles. The highest BCUT2D eigenvalue weighted by Crippen LogP contribution is 2.37. The zero-order chi connectivity index (χ0) is 22.6. The van der Waals surface area contributed by atoms with Gasteiger partial charge < -0.3 is 15.2 Å². The van der Waals surface area contributed by atoms with Crippen LogP contribution < -0.4 is 10.1 Å². The molecule has 5 rings (SSSR count). The van der Waals surface area contributed by atoms with E-state index in [2.05, 4.69) is 20.4 Å². The summed E-state index contributed by atoms with van der Waals surface area (Å²) in [7, 11) is 1.81. The molecule has 4 aromatic rings. The number of benzene rings is 1. The van der Waals surface area contributed by atoms with Crippen LogP contribution in [0.2, 0.25) is 5.15 Å². The first-order valence-corrected chi connectivity index (χ1v) is 10.0. The van der Waals surface area contributed by atoms with Crippen LogP contribution >= 0.6 is 11.6 Å². The summed E-state index contributed by atoms with van der Waals surface area (Å²) in [5.74, 6) is -1.42. The highest BCUT2D eigenvalue weighted by atomic mass is 35.5. The van der Waals surface area contributed by atoms with E-state index in [1.807, 2.05) is 6.20 Å². The smallest absolute Gasteiger partial charge is 0.356 e. The van der Waals surface area contributed by atoms with Crippen LogP contribution in [0.1, 0.15) is 34.7 Å². The van der Waals surface area contributed by atoms with Crippen molar-refractivity contribution in [2.75, 3.05) is 5.32 Å². The molecule has 0 unspecified atom stereocenters. The van der Waals surface area contributed by atoms with Crippen LogP contribution in [0.4, 0.5) is 10.1 Å². The number of carbonyl (C=O) groups is 1. The largest absolute Gasteiger partial charge is 0.476 e. The molecule has 1 aliphatic rings. The summed E-state index contributed by atoms with van der Waals surface area (Å²) in [5, 5.41) is 17.0. The van der Waals surface area contributed by atoms with E-state index in [-0.39, 0.29) is 23.1 Å². The number of pyridine rings is 1. The van der Waals surface area contributed by atoms with E-state index >= 15 is 0 Å². The Labute approximate surface area is 185 Å². The van der Waals surface area contributed by atoms with Crippen LogP contribution in [0.5, 0.6) is 5.88 Å². The minimum atomic E-state index is -1.23. The van der Waals surface area contributed by atoms with E-state index in [0.717, 1.165) is 11.3 Å². The van der Waals surface area contributed by atoms with Crippen LogP contribution in [0, 0.1) is 5.82 Å². The molecule has 0 amide bonds. The van der Waals surface area contributed by atoms with Crippen LogP contribution in [-0.4, -0.2) is 35.8 Å². The third-order valence-corrected chi connectivity index (χ3v) is 5.35. The highest BCUT2D eigenvalue weighted by molar-refractivity contribution is 6.29. The quantitative estimate of drug-likeness (QED) is 0.445. The van der Waals surface area contributed by atoms with Gasteiger partial charge in [0.15, 0.2) is 5.69 Å². The first-order chi connectivity index (χ1) is 15.3. The Morgan fingerprint density at radius 2 is 2.12 bits per heavy atom. The number of aryl methyl sites for hydroxylation is 1. The van der Waals surface area contributed by atoms with Gasteiger partial charge in [-0.1, -0.05) is 11.6 Å². The van der Waals surface area contributed by atoms with Gasteiger partial charge >= 0.3 is 5.97 Å². The second kappa shape index (κ2) is 7.41. The third kappa shape index (κ3) is 3.38. The Hall–Kier alpha value is -3.79. The zero-order valence-corrected chi connectivity index (χ0v) is 17.7. The molecule has 1 aromatic carbocycles. The number of hydrogen-bond donors (Lipinski definition) is 2. The van der Waals surface area contributed by atoms with Crippen LogP contribution in [0.15, 0.2) is 30.5 Å². The Morgan fingerprint density at radius 3 is 2.91 bits per heavy atom.